The second-order valence-corrected chi connectivity index (χ2v) is 8.45. The molecule has 140 valence electrons. The Hall–Kier alpha value is -2.41. The molecule has 1 N–H and O–H groups in total. The fourth-order valence-corrected chi connectivity index (χ4v) is 4.55. The molecule has 0 radical (unpaired) electrons. The third kappa shape index (κ3) is 3.98. The number of hydrogen-bond donors (Lipinski definition) is 1. The largest absolute Gasteiger partial charge is 0.373 e. The van der Waals surface area contributed by atoms with Gasteiger partial charge in [0.05, 0.1) is 11.0 Å². The number of nitrogens with one attached hydrogen (secondary N) is 1. The van der Waals surface area contributed by atoms with Gasteiger partial charge in [0.15, 0.2) is 0 Å². The van der Waals surface area contributed by atoms with Crippen molar-refractivity contribution in [1.29, 1.82) is 0 Å². The molecule has 4 rings (SSSR count). The highest BCUT2D eigenvalue weighted by Gasteiger charge is 2.30. The van der Waals surface area contributed by atoms with Crippen LogP contribution in [0.3, 0.4) is 0 Å². The molecule has 0 spiro atoms. The summed E-state index contributed by atoms with van der Waals surface area (Å²) in [7, 11) is -3.55. The van der Waals surface area contributed by atoms with Gasteiger partial charge in [-0.05, 0) is 48.4 Å². The minimum atomic E-state index is -3.55. The predicted molar refractivity (Wildman–Crippen MR) is 104 cm³/mol. The Morgan fingerprint density at radius 2 is 1.67 bits per heavy atom. The highest BCUT2D eigenvalue weighted by molar-refractivity contribution is 7.89. The maximum absolute atomic E-state index is 12.7. The van der Waals surface area contributed by atoms with Gasteiger partial charge in [-0.1, -0.05) is 30.3 Å². The van der Waals surface area contributed by atoms with E-state index >= 15 is 0 Å². The molecule has 6 heteroatoms. The van der Waals surface area contributed by atoms with Crippen LogP contribution >= 0.6 is 0 Å². The van der Waals surface area contributed by atoms with Gasteiger partial charge in [0.25, 0.3) is 0 Å². The Bertz CT molecular complexity index is 968. The Morgan fingerprint density at radius 3 is 2.37 bits per heavy atom. The Morgan fingerprint density at radius 1 is 0.963 bits per heavy atom. The number of hydrogen-bond acceptors (Lipinski definition) is 3. The van der Waals surface area contributed by atoms with E-state index in [0.717, 1.165) is 17.7 Å². The number of aromatic nitrogens is 1. The summed E-state index contributed by atoms with van der Waals surface area (Å²) in [6.45, 7) is 1.01. The quantitative estimate of drug-likeness (QED) is 0.709. The molecule has 0 bridgehead atoms. The van der Waals surface area contributed by atoms with E-state index in [1.165, 1.54) is 0 Å². The van der Waals surface area contributed by atoms with Crippen molar-refractivity contribution in [1.82, 2.24) is 9.29 Å². The topological polar surface area (TPSA) is 60.3 Å². The fraction of sp³-hybridized carbons (Fsp3) is 0.238. The molecule has 0 unspecified atom stereocenters. The maximum atomic E-state index is 12.7. The summed E-state index contributed by atoms with van der Waals surface area (Å²) in [5.74, 6) is 0.126. The molecule has 27 heavy (non-hydrogen) atoms. The average molecular weight is 382 g/mol. The van der Waals surface area contributed by atoms with Crippen molar-refractivity contribution in [2.45, 2.75) is 17.4 Å². The molecule has 0 saturated carbocycles. The van der Waals surface area contributed by atoms with Crippen LogP contribution in [0.5, 0.6) is 0 Å². The molecule has 2 aromatic carbocycles. The number of rotatable bonds is 6. The zero-order chi connectivity index (χ0) is 18.7. The van der Waals surface area contributed by atoms with E-state index < -0.39 is 10.0 Å². The van der Waals surface area contributed by atoms with E-state index in [4.69, 9.17) is 4.74 Å². The SMILES string of the molecule is O=S(=O)(NC[C@@H]1CCO[C@H]1c1ccccc1)c1ccc(-n2cccc2)cc1. The lowest BCUT2D eigenvalue weighted by Crippen LogP contribution is -2.30. The number of benzene rings is 2. The van der Waals surface area contributed by atoms with Crippen molar-refractivity contribution < 1.29 is 13.2 Å². The first kappa shape index (κ1) is 18.0. The molecular formula is C21H22N2O3S. The van der Waals surface area contributed by atoms with Gasteiger partial charge in [0, 0.05) is 37.2 Å². The molecule has 1 aliphatic heterocycles. The van der Waals surface area contributed by atoms with Gasteiger partial charge in [-0.25, -0.2) is 13.1 Å². The summed E-state index contributed by atoms with van der Waals surface area (Å²) in [4.78, 5) is 0.272. The van der Waals surface area contributed by atoms with Gasteiger partial charge < -0.3 is 9.30 Å². The van der Waals surface area contributed by atoms with Crippen molar-refractivity contribution in [3.05, 3.63) is 84.7 Å². The summed E-state index contributed by atoms with van der Waals surface area (Å²) >= 11 is 0. The molecule has 2 atom stereocenters. The van der Waals surface area contributed by atoms with Crippen LogP contribution in [0, 0.1) is 5.92 Å². The molecule has 0 aliphatic carbocycles. The lowest BCUT2D eigenvalue weighted by molar-refractivity contribution is 0.0917. The zero-order valence-electron chi connectivity index (χ0n) is 14.9. The molecular weight excluding hydrogens is 360 g/mol. The van der Waals surface area contributed by atoms with Gasteiger partial charge in [-0.3, -0.25) is 0 Å². The van der Waals surface area contributed by atoms with Crippen LogP contribution in [0.1, 0.15) is 18.1 Å². The molecule has 1 saturated heterocycles. The standard InChI is InChI=1S/C21H22N2O3S/c24-27(25,20-10-8-19(9-11-20)23-13-4-5-14-23)22-16-18-12-15-26-21(18)17-6-2-1-3-7-17/h1-11,13-14,18,21-22H,12,15-16H2/t18-,21-/m0/s1. The first-order chi connectivity index (χ1) is 13.1. The summed E-state index contributed by atoms with van der Waals surface area (Å²) in [5.41, 5.74) is 2.02. The van der Waals surface area contributed by atoms with E-state index in [9.17, 15) is 8.42 Å². The summed E-state index contributed by atoms with van der Waals surface area (Å²) in [5, 5.41) is 0. The smallest absolute Gasteiger partial charge is 0.240 e. The number of sulfonamides is 1. The highest BCUT2D eigenvalue weighted by atomic mass is 32.2. The highest BCUT2D eigenvalue weighted by Crippen LogP contribution is 2.34. The summed E-state index contributed by atoms with van der Waals surface area (Å²) < 4.78 is 35.9. The van der Waals surface area contributed by atoms with E-state index in [0.29, 0.717) is 13.2 Å². The van der Waals surface area contributed by atoms with Crippen molar-refractivity contribution >= 4 is 10.0 Å². The van der Waals surface area contributed by atoms with Crippen LogP contribution in [0.2, 0.25) is 0 Å². The van der Waals surface area contributed by atoms with E-state index in [-0.39, 0.29) is 16.9 Å². The Balaban J connectivity index is 1.44. The first-order valence-electron chi connectivity index (χ1n) is 9.03. The van der Waals surface area contributed by atoms with Crippen molar-refractivity contribution in [3.8, 4) is 5.69 Å². The van der Waals surface area contributed by atoms with Gasteiger partial charge >= 0.3 is 0 Å². The summed E-state index contributed by atoms with van der Waals surface area (Å²) in [6, 6.07) is 20.7. The van der Waals surface area contributed by atoms with Crippen molar-refractivity contribution in [2.75, 3.05) is 13.2 Å². The van der Waals surface area contributed by atoms with E-state index in [1.54, 1.807) is 24.3 Å². The van der Waals surface area contributed by atoms with Crippen LogP contribution in [0.25, 0.3) is 5.69 Å². The fourth-order valence-electron chi connectivity index (χ4n) is 3.46. The average Bonchev–Trinajstić information content (AvgIpc) is 3.39. The minimum Gasteiger partial charge on any atom is -0.373 e. The molecule has 2 heterocycles. The minimum absolute atomic E-state index is 0.0648. The predicted octanol–water partition coefficient (Wildman–Crippen LogP) is 3.53. The lowest BCUT2D eigenvalue weighted by atomic mass is 9.96. The number of ether oxygens (including phenoxy) is 1. The molecule has 1 fully saturated rings. The van der Waals surface area contributed by atoms with E-state index in [2.05, 4.69) is 4.72 Å². The van der Waals surface area contributed by atoms with Crippen LogP contribution in [0.15, 0.2) is 84.0 Å². The van der Waals surface area contributed by atoms with Crippen molar-refractivity contribution in [3.63, 3.8) is 0 Å². The molecule has 5 nitrogen and oxygen atoms in total. The second-order valence-electron chi connectivity index (χ2n) is 6.69. The second kappa shape index (κ2) is 7.68. The molecule has 0 amide bonds. The zero-order valence-corrected chi connectivity index (χ0v) is 15.7. The van der Waals surface area contributed by atoms with Crippen molar-refractivity contribution in [2.24, 2.45) is 5.92 Å². The third-order valence-corrected chi connectivity index (χ3v) is 6.37. The van der Waals surface area contributed by atoms with Crippen LogP contribution < -0.4 is 4.72 Å². The molecule has 3 aromatic rings. The first-order valence-corrected chi connectivity index (χ1v) is 10.5. The van der Waals surface area contributed by atoms with Gasteiger partial charge in [0.2, 0.25) is 10.0 Å². The maximum Gasteiger partial charge on any atom is 0.240 e. The summed E-state index contributed by atoms with van der Waals surface area (Å²) in [6.07, 6.45) is 4.62. The van der Waals surface area contributed by atoms with Crippen LogP contribution in [0.4, 0.5) is 0 Å². The Labute approximate surface area is 159 Å². The van der Waals surface area contributed by atoms with Gasteiger partial charge in [-0.15, -0.1) is 0 Å². The lowest BCUT2D eigenvalue weighted by Gasteiger charge is -2.19. The molecule has 1 aliphatic rings. The van der Waals surface area contributed by atoms with Crippen LogP contribution in [-0.4, -0.2) is 26.1 Å². The normalized spacial score (nSPS) is 20.0. The third-order valence-electron chi connectivity index (χ3n) is 4.93. The van der Waals surface area contributed by atoms with E-state index in [1.807, 2.05) is 59.4 Å². The monoisotopic (exact) mass is 382 g/mol. The Kier molecular flexibility index (Phi) is 5.11. The molecule has 1 aromatic heterocycles. The van der Waals surface area contributed by atoms with Gasteiger partial charge in [-0.2, -0.15) is 0 Å². The van der Waals surface area contributed by atoms with Crippen LogP contribution in [-0.2, 0) is 14.8 Å². The van der Waals surface area contributed by atoms with Gasteiger partial charge in [0.1, 0.15) is 0 Å². The number of nitrogens with zero attached hydrogens (tertiary/aromatic N) is 1.